The van der Waals surface area contributed by atoms with E-state index in [4.69, 9.17) is 5.21 Å². The summed E-state index contributed by atoms with van der Waals surface area (Å²) in [5.41, 5.74) is 4.93. The fourth-order valence-corrected chi connectivity index (χ4v) is 1.83. The monoisotopic (exact) mass is 272 g/mol. The van der Waals surface area contributed by atoms with Crippen LogP contribution >= 0.6 is 0 Å². The number of nitrogens with one attached hydrogen (secondary N) is 1. The Labute approximate surface area is 119 Å². The van der Waals surface area contributed by atoms with Crippen LogP contribution in [0.5, 0.6) is 0 Å². The largest absolute Gasteiger partial charge is 0.343 e. The molecule has 0 aliphatic heterocycles. The van der Waals surface area contributed by atoms with Crippen molar-refractivity contribution in [1.29, 1.82) is 0 Å². The molecular weight excluding hydrogens is 252 g/mol. The Morgan fingerprint density at radius 1 is 1.45 bits per heavy atom. The van der Waals surface area contributed by atoms with E-state index in [1.54, 1.807) is 17.6 Å². The van der Waals surface area contributed by atoms with E-state index in [1.165, 1.54) is 6.08 Å². The van der Waals surface area contributed by atoms with Gasteiger partial charge < -0.3 is 4.57 Å². The highest BCUT2D eigenvalue weighted by atomic mass is 16.5. The number of hydrogen-bond acceptors (Lipinski definition) is 2. The molecule has 4 nitrogen and oxygen atoms in total. The summed E-state index contributed by atoms with van der Waals surface area (Å²) in [5, 5.41) is 8.71. The Kier molecular flexibility index (Phi) is 5.74. The average molecular weight is 272 g/mol. The van der Waals surface area contributed by atoms with Crippen molar-refractivity contribution in [2.75, 3.05) is 0 Å². The van der Waals surface area contributed by atoms with Crippen LogP contribution in [0, 0.1) is 6.92 Å². The van der Waals surface area contributed by atoms with Crippen LogP contribution in [0.4, 0.5) is 0 Å². The first-order valence-electron chi connectivity index (χ1n) is 6.29. The smallest absolute Gasteiger partial charge is 0.274 e. The molecule has 0 radical (unpaired) electrons. The van der Waals surface area contributed by atoms with Crippen LogP contribution in [0.2, 0.25) is 0 Å². The van der Waals surface area contributed by atoms with Gasteiger partial charge >= 0.3 is 0 Å². The van der Waals surface area contributed by atoms with Gasteiger partial charge in [0.15, 0.2) is 0 Å². The fourth-order valence-electron chi connectivity index (χ4n) is 1.83. The Hall–Kier alpha value is -2.33. The molecule has 0 unspecified atom stereocenters. The molecule has 0 aliphatic carbocycles. The molecule has 0 saturated carbocycles. The molecule has 1 amide bonds. The molecule has 0 bridgehead atoms. The van der Waals surface area contributed by atoms with Crippen molar-refractivity contribution in [3.63, 3.8) is 0 Å². The van der Waals surface area contributed by atoms with Gasteiger partial charge in [0.1, 0.15) is 0 Å². The maximum Gasteiger partial charge on any atom is 0.274 e. The molecule has 0 spiro atoms. The fraction of sp³-hybridized carbons (Fsp3) is 0.188. The van der Waals surface area contributed by atoms with Crippen LogP contribution in [0.15, 0.2) is 54.8 Å². The molecular formula is C16H20N2O2. The number of aryl methyl sites for hydroxylation is 1. The van der Waals surface area contributed by atoms with Gasteiger partial charge in [0.25, 0.3) is 5.91 Å². The molecule has 1 rings (SSSR count). The van der Waals surface area contributed by atoms with Crippen molar-refractivity contribution >= 4 is 12.0 Å². The summed E-state index contributed by atoms with van der Waals surface area (Å²) >= 11 is 0. The van der Waals surface area contributed by atoms with E-state index in [-0.39, 0.29) is 0 Å². The van der Waals surface area contributed by atoms with Crippen molar-refractivity contribution in [2.24, 2.45) is 0 Å². The minimum atomic E-state index is -0.581. The SMILES string of the molecule is C=C/C(=C\C)Cn1ccc(C)c1/C=C(\C=C)C(=O)NO. The van der Waals surface area contributed by atoms with E-state index in [0.29, 0.717) is 12.1 Å². The molecule has 0 fully saturated rings. The van der Waals surface area contributed by atoms with Crippen LogP contribution in [-0.2, 0) is 11.3 Å². The highest BCUT2D eigenvalue weighted by Crippen LogP contribution is 2.17. The third-order valence-electron chi connectivity index (χ3n) is 3.08. The van der Waals surface area contributed by atoms with Crippen molar-refractivity contribution < 1.29 is 10.0 Å². The second-order valence-electron chi connectivity index (χ2n) is 4.32. The van der Waals surface area contributed by atoms with E-state index in [9.17, 15) is 4.79 Å². The topological polar surface area (TPSA) is 54.3 Å². The Morgan fingerprint density at radius 3 is 2.65 bits per heavy atom. The maximum atomic E-state index is 11.5. The van der Waals surface area contributed by atoms with Crippen LogP contribution in [0.1, 0.15) is 18.2 Å². The molecule has 20 heavy (non-hydrogen) atoms. The quantitative estimate of drug-likeness (QED) is 0.362. The van der Waals surface area contributed by atoms with Crippen LogP contribution in [0.3, 0.4) is 0 Å². The lowest BCUT2D eigenvalue weighted by Crippen LogP contribution is -2.19. The third kappa shape index (κ3) is 3.59. The van der Waals surface area contributed by atoms with Crippen molar-refractivity contribution in [3.8, 4) is 0 Å². The number of hydroxylamine groups is 1. The summed E-state index contributed by atoms with van der Waals surface area (Å²) in [6, 6.07) is 1.97. The molecule has 0 atom stereocenters. The van der Waals surface area contributed by atoms with Gasteiger partial charge in [-0.1, -0.05) is 31.4 Å². The van der Waals surface area contributed by atoms with Gasteiger partial charge in [0, 0.05) is 24.0 Å². The Bertz CT molecular complexity index is 577. The van der Waals surface area contributed by atoms with Gasteiger partial charge in [-0.05, 0) is 37.1 Å². The molecule has 0 aromatic carbocycles. The minimum absolute atomic E-state index is 0.302. The van der Waals surface area contributed by atoms with Gasteiger partial charge in [0.05, 0.1) is 0 Å². The van der Waals surface area contributed by atoms with Crippen LogP contribution < -0.4 is 5.48 Å². The minimum Gasteiger partial charge on any atom is -0.343 e. The second-order valence-corrected chi connectivity index (χ2v) is 4.32. The zero-order valence-corrected chi connectivity index (χ0v) is 11.9. The lowest BCUT2D eigenvalue weighted by molar-refractivity contribution is -0.124. The number of rotatable bonds is 6. The molecule has 106 valence electrons. The van der Waals surface area contributed by atoms with Gasteiger partial charge in [-0.25, -0.2) is 5.48 Å². The Balaban J connectivity index is 3.21. The summed E-state index contributed by atoms with van der Waals surface area (Å²) in [6.45, 7) is 11.9. The average Bonchev–Trinajstić information content (AvgIpc) is 2.81. The lowest BCUT2D eigenvalue weighted by atomic mass is 10.1. The summed E-state index contributed by atoms with van der Waals surface area (Å²) in [6.07, 6.45) is 8.85. The van der Waals surface area contributed by atoms with E-state index < -0.39 is 5.91 Å². The predicted molar refractivity (Wildman–Crippen MR) is 81.2 cm³/mol. The number of allylic oxidation sites excluding steroid dienone is 3. The van der Waals surface area contributed by atoms with Gasteiger partial charge in [-0.3, -0.25) is 10.0 Å². The standard InChI is InChI=1S/C16H20N2O2/c1-5-13(6-2)11-18-9-8-12(4)15(18)10-14(7-3)16(19)17-20/h5-10,20H,1,3,11H2,2,4H3,(H,17,19)/b13-6+,14-10+. The molecule has 0 saturated heterocycles. The lowest BCUT2D eigenvalue weighted by Gasteiger charge is -2.09. The van der Waals surface area contributed by atoms with Crippen LogP contribution in [-0.4, -0.2) is 15.7 Å². The third-order valence-corrected chi connectivity index (χ3v) is 3.08. The van der Waals surface area contributed by atoms with Gasteiger partial charge in [-0.2, -0.15) is 0 Å². The maximum absolute atomic E-state index is 11.5. The first kappa shape index (κ1) is 15.7. The zero-order valence-electron chi connectivity index (χ0n) is 11.9. The Morgan fingerprint density at radius 2 is 2.15 bits per heavy atom. The van der Waals surface area contributed by atoms with E-state index >= 15 is 0 Å². The van der Waals surface area contributed by atoms with Crippen LogP contribution in [0.25, 0.3) is 6.08 Å². The summed E-state index contributed by atoms with van der Waals surface area (Å²) in [7, 11) is 0. The number of hydrogen-bond donors (Lipinski definition) is 2. The highest BCUT2D eigenvalue weighted by Gasteiger charge is 2.09. The van der Waals surface area contributed by atoms with E-state index in [2.05, 4.69) is 13.2 Å². The first-order chi connectivity index (χ1) is 9.57. The molecule has 1 heterocycles. The van der Waals surface area contributed by atoms with E-state index in [1.807, 2.05) is 36.8 Å². The molecule has 2 N–H and O–H groups in total. The number of nitrogens with zero attached hydrogens (tertiary/aromatic N) is 1. The summed E-state index contributed by atoms with van der Waals surface area (Å²) in [5.74, 6) is -0.581. The summed E-state index contributed by atoms with van der Waals surface area (Å²) < 4.78 is 2.01. The number of aromatic nitrogens is 1. The van der Waals surface area contributed by atoms with Gasteiger partial charge in [0.2, 0.25) is 0 Å². The predicted octanol–water partition coefficient (Wildman–Crippen LogP) is 3.00. The van der Waals surface area contributed by atoms with E-state index in [0.717, 1.165) is 16.8 Å². The van der Waals surface area contributed by atoms with Gasteiger partial charge in [-0.15, -0.1) is 0 Å². The number of carbonyl (C=O) groups excluding carboxylic acids is 1. The molecule has 4 heteroatoms. The molecule has 0 aliphatic rings. The number of amides is 1. The highest BCUT2D eigenvalue weighted by molar-refractivity contribution is 5.99. The zero-order chi connectivity index (χ0) is 15.1. The van der Waals surface area contributed by atoms with Crippen molar-refractivity contribution in [1.82, 2.24) is 10.0 Å². The van der Waals surface area contributed by atoms with Crippen molar-refractivity contribution in [2.45, 2.75) is 20.4 Å². The summed E-state index contributed by atoms with van der Waals surface area (Å²) in [4.78, 5) is 11.5. The first-order valence-corrected chi connectivity index (χ1v) is 6.29. The number of carbonyl (C=O) groups is 1. The van der Waals surface area contributed by atoms with Crippen molar-refractivity contribution in [3.05, 3.63) is 66.1 Å². The second kappa shape index (κ2) is 7.31. The molecule has 1 aromatic rings. The molecule has 1 aromatic heterocycles. The normalized spacial score (nSPS) is 12.2.